The Labute approximate surface area is 85.7 Å². The van der Waals surface area contributed by atoms with Crippen LogP contribution >= 0.6 is 11.6 Å². The minimum absolute atomic E-state index is 0.0196. The molecule has 0 aromatic carbocycles. The molecule has 80 valence electrons. The number of aliphatic hydroxyl groups excluding tert-OH is 1. The van der Waals surface area contributed by atoms with Gasteiger partial charge in [-0.15, -0.1) is 11.6 Å². The van der Waals surface area contributed by atoms with E-state index in [-0.39, 0.29) is 12.7 Å². The third-order valence-electron chi connectivity index (χ3n) is 1.15. The van der Waals surface area contributed by atoms with Gasteiger partial charge in [0.2, 0.25) is 0 Å². The van der Waals surface area contributed by atoms with Gasteiger partial charge in [0, 0.05) is 6.42 Å². The van der Waals surface area contributed by atoms with E-state index in [0.717, 1.165) is 0 Å². The maximum absolute atomic E-state index is 8.53. The lowest BCUT2D eigenvalue weighted by Gasteiger charge is -1.99. The van der Waals surface area contributed by atoms with Crippen molar-refractivity contribution in [1.82, 2.24) is 0 Å². The van der Waals surface area contributed by atoms with Crippen molar-refractivity contribution in [3.05, 3.63) is 0 Å². The van der Waals surface area contributed by atoms with Gasteiger partial charge in [0.05, 0.1) is 18.2 Å². The minimum Gasteiger partial charge on any atom is -0.391 e. The van der Waals surface area contributed by atoms with E-state index >= 15 is 0 Å². The molecule has 0 amide bonds. The van der Waals surface area contributed by atoms with E-state index in [0.29, 0.717) is 18.0 Å². The Morgan fingerprint density at radius 1 is 1.46 bits per heavy atom. The first-order valence-corrected chi connectivity index (χ1v) is 5.28. The number of hydrogen-bond donors (Lipinski definition) is 1. The fraction of sp³-hybridized carbons (Fsp3) is 0.889. The first-order valence-electron chi connectivity index (χ1n) is 4.75. The molecule has 1 atom stereocenters. The molecule has 0 spiro atoms. The highest BCUT2D eigenvalue weighted by Gasteiger charge is 2.18. The maximum atomic E-state index is 8.53. The molecule has 0 aromatic heterocycles. The number of halogens is 1. The van der Waals surface area contributed by atoms with E-state index in [1.54, 1.807) is 0 Å². The Kier molecular flexibility index (Phi) is 13.7. The van der Waals surface area contributed by atoms with Crippen LogP contribution < -0.4 is 0 Å². The van der Waals surface area contributed by atoms with Gasteiger partial charge in [-0.2, -0.15) is 0 Å². The van der Waals surface area contributed by atoms with E-state index in [4.69, 9.17) is 21.5 Å². The van der Waals surface area contributed by atoms with Gasteiger partial charge in [-0.1, -0.05) is 32.9 Å². The average molecular weight is 210 g/mol. The van der Waals surface area contributed by atoms with Crippen LogP contribution in [0.2, 0.25) is 0 Å². The van der Waals surface area contributed by atoms with Crippen LogP contribution in [0.1, 0.15) is 34.1 Å². The molecule has 0 saturated heterocycles. The van der Waals surface area contributed by atoms with Gasteiger partial charge in [-0.05, 0) is 0 Å². The van der Waals surface area contributed by atoms with Gasteiger partial charge in [0.1, 0.15) is 6.10 Å². The second kappa shape index (κ2) is 11.7. The number of oxime groups is 1. The number of aliphatic hydroxyl groups is 1. The molecule has 3 nitrogen and oxygen atoms in total. The fourth-order valence-corrected chi connectivity index (χ4v) is 0.828. The molecule has 0 fully saturated rings. The summed E-state index contributed by atoms with van der Waals surface area (Å²) < 4.78 is 0. The van der Waals surface area contributed by atoms with Gasteiger partial charge in [-0.25, -0.2) is 0 Å². The van der Waals surface area contributed by atoms with Crippen molar-refractivity contribution < 1.29 is 9.94 Å². The Balaban J connectivity index is 0. The summed E-state index contributed by atoms with van der Waals surface area (Å²) in [5.74, 6) is 0.438. The van der Waals surface area contributed by atoms with Crippen molar-refractivity contribution in [1.29, 1.82) is 0 Å². The average Bonchev–Trinajstić information content (AvgIpc) is 2.71. The molecule has 1 heterocycles. The summed E-state index contributed by atoms with van der Waals surface area (Å²) in [5.41, 5.74) is 0.681. The molecule has 4 heteroatoms. The first-order chi connectivity index (χ1) is 6.36. The van der Waals surface area contributed by atoms with Crippen LogP contribution in [0.15, 0.2) is 5.16 Å². The summed E-state index contributed by atoms with van der Waals surface area (Å²) in [6, 6.07) is 0. The minimum atomic E-state index is -0.0204. The van der Waals surface area contributed by atoms with Crippen molar-refractivity contribution in [2.75, 3.05) is 12.5 Å². The zero-order valence-corrected chi connectivity index (χ0v) is 9.64. The van der Waals surface area contributed by atoms with Gasteiger partial charge >= 0.3 is 0 Å². The van der Waals surface area contributed by atoms with Crippen LogP contribution in [0.3, 0.4) is 0 Å². The van der Waals surface area contributed by atoms with Crippen molar-refractivity contribution in [3.63, 3.8) is 0 Å². The smallest absolute Gasteiger partial charge is 0.146 e. The van der Waals surface area contributed by atoms with Crippen molar-refractivity contribution >= 4 is 17.3 Å². The number of alkyl halides is 1. The standard InChI is InChI=1S/C5H8ClNO2.2C2H6/c6-2-5-1-4(3-8)7-9-5;2*1-2/h5,8H,1-3H2;2*1-2H3. The van der Waals surface area contributed by atoms with Gasteiger partial charge < -0.3 is 9.94 Å². The highest BCUT2D eigenvalue weighted by atomic mass is 35.5. The number of rotatable bonds is 2. The van der Waals surface area contributed by atoms with Crippen LogP contribution in [-0.2, 0) is 4.84 Å². The third-order valence-corrected chi connectivity index (χ3v) is 1.49. The monoisotopic (exact) mass is 209 g/mol. The highest BCUT2D eigenvalue weighted by Crippen LogP contribution is 2.10. The summed E-state index contributed by atoms with van der Waals surface area (Å²) in [4.78, 5) is 4.80. The zero-order chi connectivity index (χ0) is 10.7. The number of hydrogen-bond acceptors (Lipinski definition) is 3. The molecule has 13 heavy (non-hydrogen) atoms. The lowest BCUT2D eigenvalue weighted by molar-refractivity contribution is 0.102. The highest BCUT2D eigenvalue weighted by molar-refractivity contribution is 6.18. The van der Waals surface area contributed by atoms with Gasteiger partial charge in [0.15, 0.2) is 0 Å². The van der Waals surface area contributed by atoms with Crippen LogP contribution in [0, 0.1) is 0 Å². The summed E-state index contributed by atoms with van der Waals surface area (Å²) in [6.07, 6.45) is 0.647. The lowest BCUT2D eigenvalue weighted by Crippen LogP contribution is -2.10. The Bertz CT molecular complexity index is 129. The summed E-state index contributed by atoms with van der Waals surface area (Å²) in [5, 5.41) is 12.1. The SMILES string of the molecule is CC.CC.OCC1=NOC(CCl)C1. The topological polar surface area (TPSA) is 41.8 Å². The van der Waals surface area contributed by atoms with E-state index in [1.807, 2.05) is 27.7 Å². The molecular weight excluding hydrogens is 190 g/mol. The molecule has 1 rings (SSSR count). The van der Waals surface area contributed by atoms with Gasteiger partial charge in [-0.3, -0.25) is 0 Å². The molecule has 1 N–H and O–H groups in total. The van der Waals surface area contributed by atoms with Crippen LogP contribution in [0.4, 0.5) is 0 Å². The van der Waals surface area contributed by atoms with Crippen LogP contribution in [-0.4, -0.2) is 29.4 Å². The second-order valence-corrected chi connectivity index (χ2v) is 2.21. The van der Waals surface area contributed by atoms with E-state index < -0.39 is 0 Å². The molecule has 0 radical (unpaired) electrons. The van der Waals surface area contributed by atoms with E-state index in [2.05, 4.69) is 5.16 Å². The fourth-order valence-electron chi connectivity index (χ4n) is 0.663. The summed E-state index contributed by atoms with van der Waals surface area (Å²) >= 11 is 5.45. The van der Waals surface area contributed by atoms with E-state index in [9.17, 15) is 0 Å². The molecule has 0 aliphatic carbocycles. The molecule has 0 saturated carbocycles. The number of nitrogens with zero attached hydrogens (tertiary/aromatic N) is 1. The molecule has 0 bridgehead atoms. The van der Waals surface area contributed by atoms with Gasteiger partial charge in [0.25, 0.3) is 0 Å². The molecule has 1 aliphatic rings. The quantitative estimate of drug-likeness (QED) is 0.710. The maximum Gasteiger partial charge on any atom is 0.146 e. The normalized spacial score (nSPS) is 18.6. The Hall–Kier alpha value is -0.280. The van der Waals surface area contributed by atoms with Crippen LogP contribution in [0.25, 0.3) is 0 Å². The molecule has 0 aromatic rings. The van der Waals surface area contributed by atoms with Crippen molar-refractivity contribution in [2.45, 2.75) is 40.2 Å². The van der Waals surface area contributed by atoms with E-state index in [1.165, 1.54) is 0 Å². The predicted octanol–water partition coefficient (Wildman–Crippen LogP) is 2.41. The Morgan fingerprint density at radius 3 is 2.23 bits per heavy atom. The molecule has 1 unspecified atom stereocenters. The second-order valence-electron chi connectivity index (χ2n) is 1.90. The van der Waals surface area contributed by atoms with Crippen molar-refractivity contribution in [2.24, 2.45) is 5.16 Å². The summed E-state index contributed by atoms with van der Waals surface area (Å²) in [6.45, 7) is 7.98. The first kappa shape index (κ1) is 15.2. The largest absolute Gasteiger partial charge is 0.391 e. The lowest BCUT2D eigenvalue weighted by atomic mass is 10.2. The molecular formula is C9H20ClNO2. The molecule has 1 aliphatic heterocycles. The Morgan fingerprint density at radius 2 is 2.00 bits per heavy atom. The zero-order valence-electron chi connectivity index (χ0n) is 8.88. The predicted molar refractivity (Wildman–Crippen MR) is 57.4 cm³/mol. The van der Waals surface area contributed by atoms with Crippen LogP contribution in [0.5, 0.6) is 0 Å². The van der Waals surface area contributed by atoms with Crippen molar-refractivity contribution in [3.8, 4) is 0 Å². The third kappa shape index (κ3) is 6.84. The summed E-state index contributed by atoms with van der Waals surface area (Å²) in [7, 11) is 0.